The predicted molar refractivity (Wildman–Crippen MR) is 436 cm³/mol. The first-order chi connectivity index (χ1) is 56.1. The lowest BCUT2D eigenvalue weighted by molar-refractivity contribution is -0.135. The van der Waals surface area contributed by atoms with E-state index in [-0.39, 0.29) is 139 Å². The number of carbonyl (C=O) groups excluding carboxylic acids is 12. The highest BCUT2D eigenvalue weighted by Crippen LogP contribution is 2.26. The molecule has 2 aliphatic rings. The van der Waals surface area contributed by atoms with E-state index < -0.39 is 131 Å². The number of guanidine groups is 2. The van der Waals surface area contributed by atoms with E-state index in [4.69, 9.17) is 22.3 Å². The van der Waals surface area contributed by atoms with E-state index in [9.17, 15) is 28.8 Å². The van der Waals surface area contributed by atoms with Crippen LogP contribution in [0, 0.1) is 10.8 Å². The molecule has 10 atom stereocenters. The van der Waals surface area contributed by atoms with Crippen molar-refractivity contribution in [3.8, 4) is 0 Å². The molecule has 2 fully saturated rings. The molecule has 38 heteroatoms. The molecule has 614 valence electrons. The Kier molecular flexibility index (Phi) is 32.1. The van der Waals surface area contributed by atoms with Gasteiger partial charge in [-0.15, -0.1) is 0 Å². The second kappa shape index (κ2) is 43.5. The first-order valence-corrected chi connectivity index (χ1v) is 40.7. The van der Waals surface area contributed by atoms with Crippen molar-refractivity contribution in [1.82, 2.24) is 104 Å². The Balaban J connectivity index is 1.03. The van der Waals surface area contributed by atoms with Crippen LogP contribution in [0.25, 0.3) is 21.8 Å². The molecule has 36 nitrogen and oxygen atoms in total. The number of imidazole rings is 2. The van der Waals surface area contributed by atoms with Crippen molar-refractivity contribution in [3.05, 3.63) is 180 Å². The molecule has 12 amide bonds. The third kappa shape index (κ3) is 26.4. The molecule has 0 saturated carbocycles. The standard InChI is InChI=1S/C78H98N24O12S2/c79-77(80)87-29-11-23-55-69(107)99-59(33-47-37-89-53-21-9-7-19-51(47)53)73(111)101-63-41-115-116-42-64(68(106)85-27-13-25-65(103)93-61(35-49-39-83-43-91-49)75(113)97-57(71(109)95-55)31-45-15-3-1-4-16-45)102-74(112)60(34-48-38-90-54-22-10-8-20-52(48)54)100-70(108)56(24-12-30-88-78(81)82)96-72(110)58(32-46-17-5-2-6-18-46)98-76(114)62(36-50-40-84-44-92-50)94-66(104)26-14-28-86-67(63)105/h1-10,15-22,37-40,43-44,55-64,89-90H,11-14,23-36,41-42H2,(H,83,91)(H,84,92)(H,85,106)(H,86,105)(H,93,103)(H,94,104)(H,95,109)(H,96,110)(H,97,113)(H,98,114)(H,99,107)(H,100,108)(H,101,111)(H,102,112)(H4,79,80,87)(H4,81,82,88)/t55-,56-,57+,58+,59-,60?,61-,62-,63-,64-/m0/s1. The van der Waals surface area contributed by atoms with Gasteiger partial charge in [0.1, 0.15) is 60.4 Å². The maximum Gasteiger partial charge on any atom is 0.243 e. The number of amides is 12. The molecular formula is C78H98N24O12S2. The van der Waals surface area contributed by atoms with E-state index in [0.717, 1.165) is 21.6 Å². The van der Waals surface area contributed by atoms with E-state index in [0.29, 0.717) is 55.4 Å². The molecule has 8 aromatic rings. The number of benzene rings is 4. The van der Waals surface area contributed by atoms with Crippen molar-refractivity contribution >= 4 is 126 Å². The van der Waals surface area contributed by atoms with E-state index in [2.05, 4.69) is 104 Å². The Labute approximate surface area is 675 Å². The van der Waals surface area contributed by atoms with Gasteiger partial charge < -0.3 is 106 Å². The van der Waals surface area contributed by atoms with Gasteiger partial charge in [0.05, 0.1) is 24.0 Å². The summed E-state index contributed by atoms with van der Waals surface area (Å²) in [7, 11) is 2.03. The van der Waals surface area contributed by atoms with Gasteiger partial charge in [0.2, 0.25) is 70.9 Å². The fourth-order valence-corrected chi connectivity index (χ4v) is 15.6. The van der Waals surface area contributed by atoms with Crippen LogP contribution in [0.2, 0.25) is 0 Å². The van der Waals surface area contributed by atoms with Crippen molar-refractivity contribution in [2.75, 3.05) is 37.7 Å². The third-order valence-corrected chi connectivity index (χ3v) is 21.8. The molecule has 1 unspecified atom stereocenters. The number of rotatable bonds is 20. The number of H-pyrrole nitrogens is 4. The zero-order valence-corrected chi connectivity index (χ0v) is 65.2. The number of aromatic nitrogens is 6. The highest BCUT2D eigenvalue weighted by atomic mass is 33.1. The number of aromatic amines is 4. The SMILES string of the molecule is N=C(N)NCCC[C@@H]1NC(=O)[C@@H](Cc2ccccc2)NC(=O)[C@H](Cc2c[nH]cn2)NC(=O)CCCNC(=O)[C@@H]2CSSC[C@H](NC(=O)C(Cc3c[nH]c4ccccc34)NC1=O)C(=O)NCCCC(=O)N[C@@H](Cc1c[nH]cn1)C(=O)N[C@H](Cc1ccccc1)C(=O)N[C@@H](CCCNC(=N)N)C(=O)N[C@@H](Cc1c[nH]c3ccccc13)C(=O)N2. The molecule has 116 heavy (non-hydrogen) atoms. The maximum atomic E-state index is 15.5. The first kappa shape index (κ1) is 85.7. The van der Waals surface area contributed by atoms with Crippen molar-refractivity contribution in [2.24, 2.45) is 11.5 Å². The molecule has 6 heterocycles. The summed E-state index contributed by atoms with van der Waals surface area (Å²) in [6, 6.07) is 17.4. The predicted octanol–water partition coefficient (Wildman–Crippen LogP) is -0.573. The van der Waals surface area contributed by atoms with Crippen LogP contribution in [-0.4, -0.2) is 211 Å². The van der Waals surface area contributed by atoms with E-state index >= 15 is 28.8 Å². The number of hydrogen-bond donors (Lipinski definition) is 22. The lowest BCUT2D eigenvalue weighted by Gasteiger charge is -2.27. The van der Waals surface area contributed by atoms with Crippen molar-refractivity contribution in [1.29, 1.82) is 10.8 Å². The maximum absolute atomic E-state index is 15.5. The lowest BCUT2D eigenvalue weighted by Crippen LogP contribution is -2.60. The quantitative estimate of drug-likeness (QED) is 0.0197. The Hall–Kier alpha value is -12.7. The monoisotopic (exact) mass is 1630 g/mol. The van der Waals surface area contributed by atoms with Gasteiger partial charge in [0.15, 0.2) is 11.9 Å². The largest absolute Gasteiger partial charge is 0.370 e. The van der Waals surface area contributed by atoms with Crippen LogP contribution in [0.15, 0.2) is 147 Å². The van der Waals surface area contributed by atoms with Crippen molar-refractivity contribution in [3.63, 3.8) is 0 Å². The van der Waals surface area contributed by atoms with Gasteiger partial charge in [-0.2, -0.15) is 0 Å². The van der Waals surface area contributed by atoms with E-state index in [1.54, 1.807) is 97.3 Å². The van der Waals surface area contributed by atoms with Crippen molar-refractivity contribution < 1.29 is 57.5 Å². The number of fused-ring (bicyclic) bond motifs is 7. The second-order valence-electron chi connectivity index (χ2n) is 28.1. The normalized spacial score (nSPS) is 22.3. The van der Waals surface area contributed by atoms with Gasteiger partial charge in [-0.1, -0.05) is 119 Å². The van der Waals surface area contributed by atoms with Crippen molar-refractivity contribution in [2.45, 2.75) is 150 Å². The Morgan fingerprint density at radius 3 is 1.09 bits per heavy atom. The van der Waals surface area contributed by atoms with E-state index in [1.807, 2.05) is 24.3 Å². The molecule has 10 rings (SSSR count). The molecule has 4 aromatic carbocycles. The summed E-state index contributed by atoms with van der Waals surface area (Å²) >= 11 is 0. The van der Waals surface area contributed by atoms with Crippen LogP contribution in [-0.2, 0) is 96.1 Å². The third-order valence-electron chi connectivity index (χ3n) is 19.3. The minimum Gasteiger partial charge on any atom is -0.370 e. The number of hydrogen-bond acceptors (Lipinski definition) is 18. The molecule has 4 aromatic heterocycles. The van der Waals surface area contributed by atoms with Crippen LogP contribution < -0.4 is 85.9 Å². The topological polar surface area (TPSA) is 562 Å². The van der Waals surface area contributed by atoms with Gasteiger partial charge in [-0.3, -0.25) is 68.4 Å². The molecule has 2 aliphatic heterocycles. The summed E-state index contributed by atoms with van der Waals surface area (Å²) in [6.07, 6.45) is 7.59. The summed E-state index contributed by atoms with van der Waals surface area (Å²) in [5, 5.41) is 56.3. The Bertz CT molecular complexity index is 4410. The molecular weight excluding hydrogens is 1530 g/mol. The number of para-hydroxylation sites is 2. The zero-order chi connectivity index (χ0) is 82.3. The summed E-state index contributed by atoms with van der Waals surface area (Å²) in [6.45, 7) is -0.216. The Morgan fingerprint density at radius 1 is 0.388 bits per heavy atom. The summed E-state index contributed by atoms with van der Waals surface area (Å²) in [5.74, 6) is -10.8. The van der Waals surface area contributed by atoms with Gasteiger partial charge in [-0.25, -0.2) is 9.97 Å². The number of nitrogens with one attached hydrogen (secondary N) is 20. The number of nitrogens with two attached hydrogens (primary N) is 2. The zero-order valence-electron chi connectivity index (χ0n) is 63.5. The van der Waals surface area contributed by atoms with Gasteiger partial charge in [0.25, 0.3) is 0 Å². The summed E-state index contributed by atoms with van der Waals surface area (Å²) < 4.78 is 0. The first-order valence-electron chi connectivity index (χ1n) is 38.2. The average Bonchev–Trinajstić information content (AvgIpc) is 1.61. The average molecular weight is 1630 g/mol. The van der Waals surface area contributed by atoms with Crippen LogP contribution in [0.4, 0.5) is 0 Å². The fraction of sp³-hybridized carbons (Fsp3) is 0.385. The highest BCUT2D eigenvalue weighted by Gasteiger charge is 2.37. The van der Waals surface area contributed by atoms with Crippen LogP contribution >= 0.6 is 21.6 Å². The van der Waals surface area contributed by atoms with Crippen LogP contribution in [0.3, 0.4) is 0 Å². The van der Waals surface area contributed by atoms with Gasteiger partial charge in [-0.05, 0) is 72.9 Å². The second-order valence-corrected chi connectivity index (χ2v) is 30.6. The van der Waals surface area contributed by atoms with Gasteiger partial charge >= 0.3 is 0 Å². The number of carbonyl (C=O) groups is 12. The molecule has 2 bridgehead atoms. The molecule has 0 spiro atoms. The Morgan fingerprint density at radius 2 is 0.724 bits per heavy atom. The van der Waals surface area contributed by atoms with Crippen LogP contribution in [0.5, 0.6) is 0 Å². The minimum atomic E-state index is -1.52. The van der Waals surface area contributed by atoms with E-state index in [1.165, 1.54) is 25.0 Å². The molecule has 2 saturated heterocycles. The minimum absolute atomic E-state index is 0.0282. The van der Waals surface area contributed by atoms with Crippen LogP contribution in [0.1, 0.15) is 85.0 Å². The highest BCUT2D eigenvalue weighted by molar-refractivity contribution is 8.76. The van der Waals surface area contributed by atoms with Gasteiger partial charge in [0, 0.05) is 136 Å². The molecule has 24 N–H and O–H groups in total. The smallest absolute Gasteiger partial charge is 0.243 e. The lowest BCUT2D eigenvalue weighted by atomic mass is 10.0. The number of nitrogens with zero attached hydrogens (tertiary/aromatic N) is 2. The fourth-order valence-electron chi connectivity index (χ4n) is 13.3. The summed E-state index contributed by atoms with van der Waals surface area (Å²) in [4.78, 5) is 200. The molecule has 0 radical (unpaired) electrons. The summed E-state index contributed by atoms with van der Waals surface area (Å²) in [5.41, 5.74) is 15.7. The molecule has 0 aliphatic carbocycles.